The zero-order chi connectivity index (χ0) is 13.6. The molecule has 4 nitrogen and oxygen atoms in total. The first-order valence-electron chi connectivity index (χ1n) is 6.27. The first-order chi connectivity index (χ1) is 9.04. The van der Waals surface area contributed by atoms with E-state index < -0.39 is 0 Å². The predicted octanol–water partition coefficient (Wildman–Crippen LogP) is 1.50. The summed E-state index contributed by atoms with van der Waals surface area (Å²) < 4.78 is 6.50. The lowest BCUT2D eigenvalue weighted by molar-refractivity contribution is -0.121. The van der Waals surface area contributed by atoms with Gasteiger partial charge < -0.3 is 14.4 Å². The fourth-order valence-electron chi connectivity index (χ4n) is 2.51. The van der Waals surface area contributed by atoms with Crippen LogP contribution in [0.1, 0.15) is 5.56 Å². The van der Waals surface area contributed by atoms with Gasteiger partial charge >= 0.3 is 0 Å². The number of ether oxygens (including phenoxy) is 1. The Hall–Kier alpha value is -1.01. The largest absolute Gasteiger partial charge is 0.482 e. The first kappa shape index (κ1) is 13.0. The molecular weight excluding hydrogens is 307 g/mol. The number of carbonyl (C=O) groups is 1. The Morgan fingerprint density at radius 2 is 2.21 bits per heavy atom. The van der Waals surface area contributed by atoms with Crippen molar-refractivity contribution in [2.45, 2.75) is 6.92 Å². The highest BCUT2D eigenvalue weighted by atomic mass is 79.9. The molecule has 6 heteroatoms. The molecule has 1 aromatic carbocycles. The summed E-state index contributed by atoms with van der Waals surface area (Å²) in [5.41, 5.74) is 1.96. The Bertz CT molecular complexity index is 532. The summed E-state index contributed by atoms with van der Waals surface area (Å²) in [5.74, 6) is 1.23. The molecule has 98 valence electrons. The second-order valence-electron chi connectivity index (χ2n) is 5.18. The molecule has 2 heterocycles. The highest BCUT2D eigenvalue weighted by Crippen LogP contribution is 2.37. The average Bonchev–Trinajstić information content (AvgIpc) is 2.33. The van der Waals surface area contributed by atoms with E-state index in [1.54, 1.807) is 4.81 Å². The summed E-state index contributed by atoms with van der Waals surface area (Å²) in [6.45, 7) is 4.52. The van der Waals surface area contributed by atoms with Crippen LogP contribution in [0.3, 0.4) is 0 Å². The molecule has 2 aliphatic heterocycles. The van der Waals surface area contributed by atoms with Gasteiger partial charge in [-0.1, -0.05) is 15.9 Å². The molecular formula is C13H14BBrN2O2. The molecule has 0 aliphatic carbocycles. The lowest BCUT2D eigenvalue weighted by Crippen LogP contribution is -2.52. The van der Waals surface area contributed by atoms with Crippen LogP contribution in [0.5, 0.6) is 5.75 Å². The van der Waals surface area contributed by atoms with Crippen molar-refractivity contribution < 1.29 is 9.53 Å². The number of benzene rings is 1. The molecule has 1 fully saturated rings. The lowest BCUT2D eigenvalue weighted by Gasteiger charge is -2.41. The molecule has 0 aromatic heterocycles. The third kappa shape index (κ3) is 2.39. The summed E-state index contributed by atoms with van der Waals surface area (Å²) in [4.78, 5) is 15.7. The Kier molecular flexibility index (Phi) is 3.31. The smallest absolute Gasteiger partial charge is 0.265 e. The Morgan fingerprint density at radius 1 is 1.47 bits per heavy atom. The molecule has 19 heavy (non-hydrogen) atoms. The SMILES string of the molecule is [B]N1CC(CN2C(=O)COc3cc(Br)c(C)cc32)C1. The van der Waals surface area contributed by atoms with Gasteiger partial charge in [0.2, 0.25) is 0 Å². The van der Waals surface area contributed by atoms with E-state index in [-0.39, 0.29) is 12.5 Å². The van der Waals surface area contributed by atoms with Crippen molar-refractivity contribution in [2.24, 2.45) is 5.92 Å². The minimum absolute atomic E-state index is 0.0182. The number of amides is 1. The summed E-state index contributed by atoms with van der Waals surface area (Å²) in [6.07, 6.45) is 0. The van der Waals surface area contributed by atoms with E-state index in [9.17, 15) is 4.79 Å². The van der Waals surface area contributed by atoms with Gasteiger partial charge in [-0.2, -0.15) is 0 Å². The maximum absolute atomic E-state index is 12.1. The predicted molar refractivity (Wildman–Crippen MR) is 77.5 cm³/mol. The third-order valence-electron chi connectivity index (χ3n) is 3.61. The van der Waals surface area contributed by atoms with E-state index in [1.165, 1.54) is 0 Å². The molecule has 2 radical (unpaired) electrons. The van der Waals surface area contributed by atoms with E-state index in [0.717, 1.165) is 34.6 Å². The van der Waals surface area contributed by atoms with Crippen LogP contribution >= 0.6 is 15.9 Å². The van der Waals surface area contributed by atoms with E-state index >= 15 is 0 Å². The number of hydrogen-bond acceptors (Lipinski definition) is 3. The van der Waals surface area contributed by atoms with Crippen LogP contribution in [-0.4, -0.2) is 44.9 Å². The second kappa shape index (κ2) is 4.83. The van der Waals surface area contributed by atoms with Crippen LogP contribution in [-0.2, 0) is 4.79 Å². The van der Waals surface area contributed by atoms with Crippen molar-refractivity contribution in [1.82, 2.24) is 4.81 Å². The van der Waals surface area contributed by atoms with Crippen LogP contribution in [0.2, 0.25) is 0 Å². The fourth-order valence-corrected chi connectivity index (χ4v) is 2.83. The molecule has 0 unspecified atom stereocenters. The number of anilines is 1. The molecule has 1 saturated heterocycles. The maximum Gasteiger partial charge on any atom is 0.265 e. The summed E-state index contributed by atoms with van der Waals surface area (Å²) in [6, 6.07) is 3.93. The van der Waals surface area contributed by atoms with Gasteiger partial charge in [-0.05, 0) is 37.7 Å². The number of hydrogen-bond donors (Lipinski definition) is 0. The van der Waals surface area contributed by atoms with Crippen molar-refractivity contribution in [3.63, 3.8) is 0 Å². The molecule has 1 amide bonds. The van der Waals surface area contributed by atoms with Crippen molar-refractivity contribution >= 4 is 35.5 Å². The van der Waals surface area contributed by atoms with Crippen molar-refractivity contribution in [3.05, 3.63) is 22.2 Å². The van der Waals surface area contributed by atoms with Crippen LogP contribution in [0, 0.1) is 12.8 Å². The molecule has 0 atom stereocenters. The molecule has 1 aromatic rings. The average molecular weight is 321 g/mol. The van der Waals surface area contributed by atoms with Gasteiger partial charge in [-0.25, -0.2) is 0 Å². The van der Waals surface area contributed by atoms with Crippen LogP contribution in [0.15, 0.2) is 16.6 Å². The van der Waals surface area contributed by atoms with Gasteiger partial charge in [-0.15, -0.1) is 0 Å². The van der Waals surface area contributed by atoms with E-state index in [1.807, 2.05) is 24.0 Å². The summed E-state index contributed by atoms with van der Waals surface area (Å²) >= 11 is 3.49. The number of aryl methyl sites for hydroxylation is 1. The third-order valence-corrected chi connectivity index (χ3v) is 4.46. The molecule has 0 saturated carbocycles. The van der Waals surface area contributed by atoms with Gasteiger partial charge in [0.1, 0.15) is 5.75 Å². The molecule has 2 aliphatic rings. The van der Waals surface area contributed by atoms with Gasteiger partial charge in [0.05, 0.1) is 5.69 Å². The van der Waals surface area contributed by atoms with Gasteiger partial charge in [-0.3, -0.25) is 4.79 Å². The standard InChI is InChI=1S/C13H14BBrN2O2/c1-8-2-11-12(3-10(8)15)19-7-13(18)17(11)6-9-4-16(14)5-9/h2-3,9H,4-7H2,1H3. The fraction of sp³-hybridized carbons (Fsp3) is 0.462. The second-order valence-corrected chi connectivity index (χ2v) is 6.04. The van der Waals surface area contributed by atoms with Crippen molar-refractivity contribution in [2.75, 3.05) is 31.1 Å². The van der Waals surface area contributed by atoms with Gasteiger partial charge in [0.25, 0.3) is 5.91 Å². The molecule has 3 rings (SSSR count). The first-order valence-corrected chi connectivity index (χ1v) is 7.07. The lowest BCUT2D eigenvalue weighted by atomic mass is 9.95. The van der Waals surface area contributed by atoms with Crippen LogP contribution in [0.25, 0.3) is 0 Å². The highest BCUT2D eigenvalue weighted by Gasteiger charge is 2.31. The van der Waals surface area contributed by atoms with Crippen molar-refractivity contribution in [1.29, 1.82) is 0 Å². The van der Waals surface area contributed by atoms with Gasteiger partial charge in [0, 0.05) is 16.9 Å². The highest BCUT2D eigenvalue weighted by molar-refractivity contribution is 9.10. The van der Waals surface area contributed by atoms with Crippen molar-refractivity contribution in [3.8, 4) is 5.75 Å². The van der Waals surface area contributed by atoms with E-state index in [2.05, 4.69) is 15.9 Å². The normalized spacial score (nSPS) is 19.9. The van der Waals surface area contributed by atoms with Crippen LogP contribution in [0.4, 0.5) is 5.69 Å². The summed E-state index contributed by atoms with van der Waals surface area (Å²) in [7, 11) is 5.65. The van der Waals surface area contributed by atoms with E-state index in [0.29, 0.717) is 12.5 Å². The zero-order valence-electron chi connectivity index (χ0n) is 10.7. The zero-order valence-corrected chi connectivity index (χ0v) is 12.3. The summed E-state index contributed by atoms with van der Waals surface area (Å²) in [5, 5.41) is 0. The number of nitrogens with zero attached hydrogens (tertiary/aromatic N) is 2. The molecule has 0 spiro atoms. The monoisotopic (exact) mass is 320 g/mol. The number of rotatable bonds is 2. The minimum atomic E-state index is 0.0182. The molecule has 0 bridgehead atoms. The minimum Gasteiger partial charge on any atom is -0.482 e. The van der Waals surface area contributed by atoms with Gasteiger partial charge in [0.15, 0.2) is 14.6 Å². The Morgan fingerprint density at radius 3 is 2.89 bits per heavy atom. The molecule has 0 N–H and O–H groups in total. The maximum atomic E-state index is 12.1. The quantitative estimate of drug-likeness (QED) is 0.774. The Balaban J connectivity index is 1.88. The number of fused-ring (bicyclic) bond motifs is 1. The van der Waals surface area contributed by atoms with E-state index in [4.69, 9.17) is 12.7 Å². The van der Waals surface area contributed by atoms with Crippen LogP contribution < -0.4 is 9.64 Å². The number of halogens is 1. The Labute approximate surface area is 122 Å². The number of carbonyl (C=O) groups excluding carboxylic acids is 1. The topological polar surface area (TPSA) is 32.8 Å².